The fourth-order valence-electron chi connectivity index (χ4n) is 3.02. The third-order valence-electron chi connectivity index (χ3n) is 4.09. The molecule has 1 aliphatic heterocycles. The number of benzene rings is 1. The highest BCUT2D eigenvalue weighted by Crippen LogP contribution is 2.34. The van der Waals surface area contributed by atoms with Gasteiger partial charge in [-0.15, -0.1) is 0 Å². The monoisotopic (exact) mass is 320 g/mol. The van der Waals surface area contributed by atoms with Gasteiger partial charge in [-0.2, -0.15) is 0 Å². The Morgan fingerprint density at radius 3 is 2.86 bits per heavy atom. The summed E-state index contributed by atoms with van der Waals surface area (Å²) in [5.74, 6) is 0. The highest BCUT2D eigenvalue weighted by Gasteiger charge is 2.24. The molecule has 0 spiro atoms. The molecule has 110 valence electrons. The van der Waals surface area contributed by atoms with E-state index in [9.17, 15) is 0 Å². The first kappa shape index (κ1) is 14.8. The molecule has 4 heteroatoms. The van der Waals surface area contributed by atoms with Gasteiger partial charge in [0, 0.05) is 25.0 Å². The normalized spacial score (nSPS) is 19.6. The van der Waals surface area contributed by atoms with Gasteiger partial charge >= 0.3 is 0 Å². The molecule has 2 aromatic rings. The van der Waals surface area contributed by atoms with Crippen LogP contribution in [0.15, 0.2) is 42.7 Å². The summed E-state index contributed by atoms with van der Waals surface area (Å²) in [6.45, 7) is 1.92. The van der Waals surface area contributed by atoms with E-state index in [0.29, 0.717) is 16.1 Å². The molecule has 0 aliphatic carbocycles. The standard InChI is InChI=1S/C17H18Cl2N2/c18-15-7-3-5-14(17(15)19)12-21-10-2-1-8-16(21)13-6-4-9-20-11-13/h3-7,9,11,16H,1-2,8,10,12H2/t16-/m1/s1. The number of pyridine rings is 1. The Hall–Kier alpha value is -1.09. The van der Waals surface area contributed by atoms with Crippen molar-refractivity contribution in [1.29, 1.82) is 0 Å². The Kier molecular flexibility index (Phi) is 4.79. The van der Waals surface area contributed by atoms with E-state index >= 15 is 0 Å². The van der Waals surface area contributed by atoms with E-state index in [1.807, 2.05) is 30.6 Å². The predicted molar refractivity (Wildman–Crippen MR) is 87.7 cm³/mol. The first-order valence-electron chi connectivity index (χ1n) is 7.32. The summed E-state index contributed by atoms with van der Waals surface area (Å²) in [5.41, 5.74) is 2.38. The van der Waals surface area contributed by atoms with Crippen LogP contribution in [0.4, 0.5) is 0 Å². The van der Waals surface area contributed by atoms with Crippen molar-refractivity contribution < 1.29 is 0 Å². The third-order valence-corrected chi connectivity index (χ3v) is 4.95. The zero-order valence-corrected chi connectivity index (χ0v) is 13.3. The molecule has 0 radical (unpaired) electrons. The van der Waals surface area contributed by atoms with Crippen LogP contribution < -0.4 is 0 Å². The predicted octanol–water partition coefficient (Wildman–Crippen LogP) is 5.12. The van der Waals surface area contributed by atoms with Gasteiger partial charge in [0.25, 0.3) is 0 Å². The van der Waals surface area contributed by atoms with Crippen LogP contribution in [0.1, 0.15) is 36.4 Å². The Bertz CT molecular complexity index is 601. The number of rotatable bonds is 3. The average Bonchev–Trinajstić information content (AvgIpc) is 2.53. The van der Waals surface area contributed by atoms with Gasteiger partial charge in [-0.05, 0) is 42.6 Å². The third kappa shape index (κ3) is 3.39. The van der Waals surface area contributed by atoms with E-state index in [0.717, 1.165) is 18.7 Å². The van der Waals surface area contributed by atoms with Crippen molar-refractivity contribution in [3.63, 3.8) is 0 Å². The Balaban J connectivity index is 1.83. The van der Waals surface area contributed by atoms with E-state index in [-0.39, 0.29) is 0 Å². The van der Waals surface area contributed by atoms with Crippen molar-refractivity contribution in [2.45, 2.75) is 31.8 Å². The van der Waals surface area contributed by atoms with Crippen LogP contribution in [0.2, 0.25) is 10.0 Å². The number of likely N-dealkylation sites (tertiary alicyclic amines) is 1. The molecule has 1 aliphatic rings. The van der Waals surface area contributed by atoms with Crippen molar-refractivity contribution >= 4 is 23.2 Å². The lowest BCUT2D eigenvalue weighted by molar-refractivity contribution is 0.140. The van der Waals surface area contributed by atoms with Crippen LogP contribution in [-0.2, 0) is 6.54 Å². The van der Waals surface area contributed by atoms with E-state index in [1.165, 1.54) is 24.8 Å². The maximum atomic E-state index is 6.34. The van der Waals surface area contributed by atoms with Crippen LogP contribution in [0.25, 0.3) is 0 Å². The summed E-state index contributed by atoms with van der Waals surface area (Å²) in [7, 11) is 0. The molecule has 1 fully saturated rings. The molecule has 1 aromatic heterocycles. The lowest BCUT2D eigenvalue weighted by Gasteiger charge is -2.36. The minimum Gasteiger partial charge on any atom is -0.292 e. The summed E-state index contributed by atoms with van der Waals surface area (Å²) >= 11 is 12.5. The number of nitrogens with zero attached hydrogens (tertiary/aromatic N) is 2. The van der Waals surface area contributed by atoms with Gasteiger partial charge < -0.3 is 0 Å². The minimum absolute atomic E-state index is 0.419. The van der Waals surface area contributed by atoms with Crippen LogP contribution in [0, 0.1) is 0 Å². The fraction of sp³-hybridized carbons (Fsp3) is 0.353. The number of hydrogen-bond acceptors (Lipinski definition) is 2. The maximum absolute atomic E-state index is 6.34. The van der Waals surface area contributed by atoms with Crippen molar-refractivity contribution in [2.24, 2.45) is 0 Å². The molecule has 3 rings (SSSR count). The van der Waals surface area contributed by atoms with Gasteiger partial charge in [0.2, 0.25) is 0 Å². The molecule has 0 bridgehead atoms. The van der Waals surface area contributed by atoms with Gasteiger partial charge in [-0.25, -0.2) is 0 Å². The molecular formula is C17H18Cl2N2. The lowest BCUT2D eigenvalue weighted by atomic mass is 9.96. The molecule has 2 heterocycles. The second kappa shape index (κ2) is 6.78. The second-order valence-electron chi connectivity index (χ2n) is 5.48. The molecule has 2 nitrogen and oxygen atoms in total. The topological polar surface area (TPSA) is 16.1 Å². The largest absolute Gasteiger partial charge is 0.292 e. The Labute approximate surface area is 135 Å². The number of hydrogen-bond donors (Lipinski definition) is 0. The van der Waals surface area contributed by atoms with Gasteiger partial charge in [0.1, 0.15) is 0 Å². The summed E-state index contributed by atoms with van der Waals surface area (Å²) in [6, 6.07) is 10.4. The first-order valence-corrected chi connectivity index (χ1v) is 8.08. The molecule has 0 amide bonds. The summed E-state index contributed by atoms with van der Waals surface area (Å²) in [6.07, 6.45) is 7.46. The van der Waals surface area contributed by atoms with Gasteiger partial charge in [-0.3, -0.25) is 9.88 Å². The van der Waals surface area contributed by atoms with E-state index < -0.39 is 0 Å². The fourth-order valence-corrected chi connectivity index (χ4v) is 3.40. The maximum Gasteiger partial charge on any atom is 0.0637 e. The quantitative estimate of drug-likeness (QED) is 0.780. The van der Waals surface area contributed by atoms with Gasteiger partial charge in [-0.1, -0.05) is 47.8 Å². The molecule has 21 heavy (non-hydrogen) atoms. The number of piperidine rings is 1. The molecule has 1 aromatic carbocycles. The SMILES string of the molecule is Clc1cccc(CN2CCCC[C@@H]2c2cccnc2)c1Cl. The van der Waals surface area contributed by atoms with Gasteiger partial charge in [0.05, 0.1) is 10.0 Å². The molecular weight excluding hydrogens is 303 g/mol. The van der Waals surface area contributed by atoms with E-state index in [4.69, 9.17) is 23.2 Å². The summed E-state index contributed by atoms with van der Waals surface area (Å²) < 4.78 is 0. The highest BCUT2D eigenvalue weighted by atomic mass is 35.5. The second-order valence-corrected chi connectivity index (χ2v) is 6.27. The van der Waals surface area contributed by atoms with Crippen molar-refractivity contribution in [3.05, 3.63) is 63.9 Å². The molecule has 0 N–H and O–H groups in total. The number of halogens is 2. The lowest BCUT2D eigenvalue weighted by Crippen LogP contribution is -2.33. The van der Waals surface area contributed by atoms with E-state index in [1.54, 1.807) is 0 Å². The zero-order chi connectivity index (χ0) is 14.7. The van der Waals surface area contributed by atoms with Gasteiger partial charge in [0.15, 0.2) is 0 Å². The van der Waals surface area contributed by atoms with Crippen molar-refractivity contribution in [3.8, 4) is 0 Å². The van der Waals surface area contributed by atoms with Crippen molar-refractivity contribution in [1.82, 2.24) is 9.88 Å². The summed E-state index contributed by atoms with van der Waals surface area (Å²) in [5, 5.41) is 1.30. The van der Waals surface area contributed by atoms with Crippen LogP contribution in [0.3, 0.4) is 0 Å². The Morgan fingerprint density at radius 2 is 2.05 bits per heavy atom. The van der Waals surface area contributed by atoms with Crippen molar-refractivity contribution in [2.75, 3.05) is 6.54 Å². The Morgan fingerprint density at radius 1 is 1.14 bits per heavy atom. The van der Waals surface area contributed by atoms with Crippen LogP contribution in [0.5, 0.6) is 0 Å². The molecule has 1 atom stereocenters. The summed E-state index contributed by atoms with van der Waals surface area (Å²) in [4.78, 5) is 6.74. The van der Waals surface area contributed by atoms with E-state index in [2.05, 4.69) is 22.0 Å². The van der Waals surface area contributed by atoms with Crippen LogP contribution in [-0.4, -0.2) is 16.4 Å². The van der Waals surface area contributed by atoms with Crippen LogP contribution >= 0.6 is 23.2 Å². The highest BCUT2D eigenvalue weighted by molar-refractivity contribution is 6.42. The average molecular weight is 321 g/mol. The smallest absolute Gasteiger partial charge is 0.0637 e. The first-order chi connectivity index (χ1) is 10.3. The molecule has 0 unspecified atom stereocenters. The number of aromatic nitrogens is 1. The zero-order valence-electron chi connectivity index (χ0n) is 11.8. The molecule has 0 saturated carbocycles. The minimum atomic E-state index is 0.419. The molecule has 1 saturated heterocycles.